The van der Waals surface area contributed by atoms with Gasteiger partial charge >= 0.3 is 5.97 Å². The van der Waals surface area contributed by atoms with Crippen molar-refractivity contribution in [3.8, 4) is 0 Å². The summed E-state index contributed by atoms with van der Waals surface area (Å²) >= 11 is 0. The highest BCUT2D eigenvalue weighted by atomic mass is 32.2. The lowest BCUT2D eigenvalue weighted by Gasteiger charge is -2.30. The first-order valence-corrected chi connectivity index (χ1v) is 7.77. The van der Waals surface area contributed by atoms with Gasteiger partial charge in [0.25, 0.3) is 0 Å². The first-order valence-electron chi connectivity index (χ1n) is 5.95. The SMILES string of the molecule is COC(=O)C(C1CC1)N(C)C1CCS(=O)(=O)C1. The third-order valence-electron chi connectivity index (χ3n) is 3.73. The van der Waals surface area contributed by atoms with Gasteiger partial charge in [-0.1, -0.05) is 0 Å². The number of sulfone groups is 1. The molecule has 98 valence electrons. The largest absolute Gasteiger partial charge is 0.468 e. The summed E-state index contributed by atoms with van der Waals surface area (Å²) in [6.45, 7) is 0. The minimum absolute atomic E-state index is 0.0373. The van der Waals surface area contributed by atoms with Gasteiger partial charge in [-0.2, -0.15) is 0 Å². The number of nitrogens with zero attached hydrogens (tertiary/aromatic N) is 1. The van der Waals surface area contributed by atoms with Crippen LogP contribution in [0.15, 0.2) is 0 Å². The van der Waals surface area contributed by atoms with Gasteiger partial charge in [-0.3, -0.25) is 9.69 Å². The molecule has 1 aliphatic heterocycles. The number of likely N-dealkylation sites (N-methyl/N-ethyl adjacent to an activating group) is 1. The lowest BCUT2D eigenvalue weighted by Crippen LogP contribution is -2.47. The molecule has 6 heteroatoms. The molecule has 0 spiro atoms. The quantitative estimate of drug-likeness (QED) is 0.669. The maximum absolute atomic E-state index is 11.7. The van der Waals surface area contributed by atoms with Crippen molar-refractivity contribution in [2.75, 3.05) is 25.7 Å². The van der Waals surface area contributed by atoms with Crippen LogP contribution in [0.25, 0.3) is 0 Å². The molecule has 2 rings (SSSR count). The molecule has 2 atom stereocenters. The molecule has 0 amide bonds. The fraction of sp³-hybridized carbons (Fsp3) is 0.909. The topological polar surface area (TPSA) is 63.7 Å². The predicted molar refractivity (Wildman–Crippen MR) is 63.3 cm³/mol. The van der Waals surface area contributed by atoms with E-state index in [2.05, 4.69) is 0 Å². The fourth-order valence-electron chi connectivity index (χ4n) is 2.55. The van der Waals surface area contributed by atoms with E-state index in [4.69, 9.17) is 4.74 Å². The highest BCUT2D eigenvalue weighted by Gasteiger charge is 2.44. The van der Waals surface area contributed by atoms with Crippen molar-refractivity contribution in [3.63, 3.8) is 0 Å². The number of esters is 1. The molecular formula is C11H19NO4S. The molecule has 5 nitrogen and oxygen atoms in total. The van der Waals surface area contributed by atoms with E-state index in [1.165, 1.54) is 7.11 Å². The van der Waals surface area contributed by atoms with Crippen molar-refractivity contribution in [2.24, 2.45) is 5.92 Å². The van der Waals surface area contributed by atoms with Crippen molar-refractivity contribution in [3.05, 3.63) is 0 Å². The molecule has 2 fully saturated rings. The molecule has 1 heterocycles. The summed E-state index contributed by atoms with van der Waals surface area (Å²) in [7, 11) is 0.319. The zero-order valence-electron chi connectivity index (χ0n) is 10.3. The molecule has 1 saturated carbocycles. The first-order chi connectivity index (χ1) is 7.94. The number of carbonyl (C=O) groups is 1. The fourth-order valence-corrected chi connectivity index (χ4v) is 4.33. The summed E-state index contributed by atoms with van der Waals surface area (Å²) in [6.07, 6.45) is 2.69. The number of ether oxygens (including phenoxy) is 1. The van der Waals surface area contributed by atoms with Crippen LogP contribution in [0.2, 0.25) is 0 Å². The van der Waals surface area contributed by atoms with Crippen molar-refractivity contribution < 1.29 is 17.9 Å². The molecule has 1 saturated heterocycles. The smallest absolute Gasteiger partial charge is 0.323 e. The van der Waals surface area contributed by atoms with Crippen LogP contribution in [-0.2, 0) is 19.4 Å². The van der Waals surface area contributed by atoms with Crippen LogP contribution in [0.4, 0.5) is 0 Å². The third-order valence-corrected chi connectivity index (χ3v) is 5.48. The lowest BCUT2D eigenvalue weighted by atomic mass is 10.1. The van der Waals surface area contributed by atoms with Crippen molar-refractivity contribution in [2.45, 2.75) is 31.3 Å². The molecule has 1 aliphatic carbocycles. The minimum atomic E-state index is -2.91. The Bertz CT molecular complexity index is 402. The molecule has 2 unspecified atom stereocenters. The summed E-state index contributed by atoms with van der Waals surface area (Å²) in [5.74, 6) is 0.514. The van der Waals surface area contributed by atoms with Gasteiger partial charge in [-0.25, -0.2) is 8.42 Å². The van der Waals surface area contributed by atoms with Crippen LogP contribution in [0.3, 0.4) is 0 Å². The molecule has 17 heavy (non-hydrogen) atoms. The molecule has 0 N–H and O–H groups in total. The monoisotopic (exact) mass is 261 g/mol. The first kappa shape index (κ1) is 12.8. The zero-order chi connectivity index (χ0) is 12.6. The lowest BCUT2D eigenvalue weighted by molar-refractivity contribution is -0.148. The number of methoxy groups -OCH3 is 1. The van der Waals surface area contributed by atoms with Crippen LogP contribution in [-0.4, -0.2) is 57.0 Å². The Morgan fingerprint density at radius 1 is 1.35 bits per heavy atom. The zero-order valence-corrected chi connectivity index (χ0v) is 11.1. The second kappa shape index (κ2) is 4.57. The molecule has 2 aliphatic rings. The van der Waals surface area contributed by atoms with Crippen molar-refractivity contribution in [1.29, 1.82) is 0 Å². The van der Waals surface area contributed by atoms with Gasteiger partial charge < -0.3 is 4.74 Å². The van der Waals surface area contributed by atoms with E-state index < -0.39 is 9.84 Å². The summed E-state index contributed by atoms with van der Waals surface area (Å²) in [5, 5.41) is 0. The van der Waals surface area contributed by atoms with E-state index in [1.54, 1.807) is 0 Å². The maximum atomic E-state index is 11.7. The average molecular weight is 261 g/mol. The van der Waals surface area contributed by atoms with Crippen LogP contribution >= 0.6 is 0 Å². The Kier molecular flexibility index (Phi) is 3.45. The van der Waals surface area contributed by atoms with E-state index in [9.17, 15) is 13.2 Å². The number of hydrogen-bond donors (Lipinski definition) is 0. The Hall–Kier alpha value is -0.620. The third kappa shape index (κ3) is 2.80. The highest BCUT2D eigenvalue weighted by molar-refractivity contribution is 7.91. The molecule has 0 radical (unpaired) electrons. The predicted octanol–water partition coefficient (Wildman–Crippen LogP) is 0.0569. The van der Waals surface area contributed by atoms with Crippen LogP contribution < -0.4 is 0 Å². The Morgan fingerprint density at radius 2 is 2.00 bits per heavy atom. The van der Waals surface area contributed by atoms with Crippen LogP contribution in [0.1, 0.15) is 19.3 Å². The molecule has 0 bridgehead atoms. The van der Waals surface area contributed by atoms with E-state index in [0.29, 0.717) is 12.3 Å². The second-order valence-electron chi connectivity index (χ2n) is 5.03. The normalized spacial score (nSPS) is 29.2. The number of carbonyl (C=O) groups excluding carboxylic acids is 1. The minimum Gasteiger partial charge on any atom is -0.468 e. The van der Waals surface area contributed by atoms with Gasteiger partial charge in [-0.15, -0.1) is 0 Å². The van der Waals surface area contributed by atoms with Gasteiger partial charge in [-0.05, 0) is 32.2 Å². The molecule has 0 aromatic carbocycles. The van der Waals surface area contributed by atoms with E-state index in [0.717, 1.165) is 12.8 Å². The summed E-state index contributed by atoms with van der Waals surface area (Å²) in [6, 6.07) is -0.303. The number of rotatable bonds is 4. The summed E-state index contributed by atoms with van der Waals surface area (Å²) < 4.78 is 27.7. The Balaban J connectivity index is 2.06. The van der Waals surface area contributed by atoms with Gasteiger partial charge in [0.1, 0.15) is 6.04 Å². The van der Waals surface area contributed by atoms with Gasteiger partial charge in [0.15, 0.2) is 9.84 Å². The van der Waals surface area contributed by atoms with Crippen LogP contribution in [0, 0.1) is 5.92 Å². The Morgan fingerprint density at radius 3 is 2.41 bits per heavy atom. The second-order valence-corrected chi connectivity index (χ2v) is 7.26. The van der Waals surface area contributed by atoms with E-state index in [1.807, 2.05) is 11.9 Å². The molecule has 0 aromatic rings. The number of hydrogen-bond acceptors (Lipinski definition) is 5. The van der Waals surface area contributed by atoms with Gasteiger partial charge in [0.05, 0.1) is 18.6 Å². The van der Waals surface area contributed by atoms with Crippen molar-refractivity contribution >= 4 is 15.8 Å². The van der Waals surface area contributed by atoms with E-state index in [-0.39, 0.29) is 29.6 Å². The highest BCUT2D eigenvalue weighted by Crippen LogP contribution is 2.37. The molecular weight excluding hydrogens is 242 g/mol. The van der Waals surface area contributed by atoms with Gasteiger partial charge in [0.2, 0.25) is 0 Å². The maximum Gasteiger partial charge on any atom is 0.323 e. The van der Waals surface area contributed by atoms with Crippen molar-refractivity contribution in [1.82, 2.24) is 4.90 Å². The standard InChI is InChI=1S/C11H19NO4S/c1-12(9-5-6-17(14,15)7-9)10(8-3-4-8)11(13)16-2/h8-10H,3-7H2,1-2H3. The van der Waals surface area contributed by atoms with E-state index >= 15 is 0 Å². The average Bonchev–Trinajstić information content (AvgIpc) is 3.02. The Labute approximate surface area is 102 Å². The molecule has 0 aromatic heterocycles. The summed E-state index contributed by atoms with van der Waals surface area (Å²) in [5.41, 5.74) is 0. The summed E-state index contributed by atoms with van der Waals surface area (Å²) in [4.78, 5) is 13.7. The van der Waals surface area contributed by atoms with Gasteiger partial charge in [0, 0.05) is 6.04 Å². The van der Waals surface area contributed by atoms with Crippen LogP contribution in [0.5, 0.6) is 0 Å².